The molecule has 0 N–H and O–H groups in total. The van der Waals surface area contributed by atoms with E-state index < -0.39 is 8.07 Å². The highest BCUT2D eigenvalue weighted by molar-refractivity contribution is 6.88. The van der Waals surface area contributed by atoms with Crippen LogP contribution in [0.3, 0.4) is 0 Å². The van der Waals surface area contributed by atoms with Gasteiger partial charge in [0.1, 0.15) is 0 Å². The van der Waals surface area contributed by atoms with Crippen LogP contribution in [0.1, 0.15) is 56.4 Å². The number of nitrogens with zero attached hydrogens (tertiary/aromatic N) is 1. The molecule has 0 fully saturated rings. The third kappa shape index (κ3) is 4.68. The second-order valence-electron chi connectivity index (χ2n) is 11.0. The summed E-state index contributed by atoms with van der Waals surface area (Å²) in [5, 5.41) is 2.77. The van der Waals surface area contributed by atoms with Gasteiger partial charge in [-0.2, -0.15) is 0 Å². The molecule has 3 aromatic carbocycles. The van der Waals surface area contributed by atoms with Gasteiger partial charge in [-0.05, 0) is 64.3 Å². The van der Waals surface area contributed by atoms with E-state index in [2.05, 4.69) is 121 Å². The van der Waals surface area contributed by atoms with Crippen molar-refractivity contribution in [2.75, 3.05) is 0 Å². The maximum absolute atomic E-state index is 4.91. The van der Waals surface area contributed by atoms with Crippen molar-refractivity contribution >= 4 is 24.2 Å². The van der Waals surface area contributed by atoms with Gasteiger partial charge in [-0.3, -0.25) is 4.98 Å². The Morgan fingerprint density at radius 1 is 0.697 bits per heavy atom. The summed E-state index contributed by atoms with van der Waals surface area (Å²) in [6, 6.07) is 24.9. The topological polar surface area (TPSA) is 12.9 Å². The summed E-state index contributed by atoms with van der Waals surface area (Å²) in [5.41, 5.74) is 10.4. The normalized spacial score (nSPS) is 12.2. The predicted molar refractivity (Wildman–Crippen MR) is 149 cm³/mol. The lowest BCUT2D eigenvalue weighted by Crippen LogP contribution is -2.37. The summed E-state index contributed by atoms with van der Waals surface area (Å²) in [6.07, 6.45) is 0. The average molecular weight is 452 g/mol. The Bertz CT molecular complexity index is 1270. The smallest absolute Gasteiger partial charge is 0.0776 e. The number of aryl methyl sites for hydroxylation is 1. The lowest BCUT2D eigenvalue weighted by atomic mass is 9.81. The summed E-state index contributed by atoms with van der Waals surface area (Å²) in [6.45, 7) is 18.7. The summed E-state index contributed by atoms with van der Waals surface area (Å²) in [4.78, 5) is 4.91. The van der Waals surface area contributed by atoms with Gasteiger partial charge in [0.05, 0.1) is 13.6 Å². The predicted octanol–water partition coefficient (Wildman–Crippen LogP) is 8.67. The molecule has 1 aromatic heterocycles. The van der Waals surface area contributed by atoms with Gasteiger partial charge in [0.2, 0.25) is 0 Å². The van der Waals surface area contributed by atoms with Crippen molar-refractivity contribution in [3.8, 4) is 22.3 Å². The van der Waals surface area contributed by atoms with Gasteiger partial charge in [-0.25, -0.2) is 0 Å². The molecule has 2 heteroatoms. The molecule has 4 rings (SSSR count). The van der Waals surface area contributed by atoms with Crippen LogP contribution in [0, 0.1) is 6.92 Å². The molecule has 33 heavy (non-hydrogen) atoms. The molecule has 1 nitrogen and oxygen atoms in total. The van der Waals surface area contributed by atoms with Gasteiger partial charge >= 0.3 is 0 Å². The molecule has 0 radical (unpaired) electrons. The van der Waals surface area contributed by atoms with Crippen LogP contribution in [-0.4, -0.2) is 13.1 Å². The summed E-state index contributed by atoms with van der Waals surface area (Å²) < 4.78 is 0. The van der Waals surface area contributed by atoms with Gasteiger partial charge in [-0.1, -0.05) is 107 Å². The van der Waals surface area contributed by atoms with Crippen LogP contribution >= 0.6 is 0 Å². The number of fused-ring (bicyclic) bond motifs is 1. The standard InChI is InChI=1S/C31H37NSi/c1-20(2)26-17-24(23-12-10-9-11-13-23)18-27(21(3)4)31(26)29-16-22(5)32-30-15-14-25(19-28(29)30)33(6,7)8/h9-21H,1-8H3. The third-order valence-corrected chi connectivity index (χ3v) is 8.67. The van der Waals surface area contributed by atoms with Crippen molar-refractivity contribution in [2.45, 2.75) is 66.1 Å². The van der Waals surface area contributed by atoms with Crippen LogP contribution in [0.2, 0.25) is 19.6 Å². The van der Waals surface area contributed by atoms with E-state index in [9.17, 15) is 0 Å². The number of rotatable bonds is 5. The fourth-order valence-corrected chi connectivity index (χ4v) is 5.90. The molecule has 0 spiro atoms. The van der Waals surface area contributed by atoms with Gasteiger partial charge < -0.3 is 0 Å². The van der Waals surface area contributed by atoms with E-state index >= 15 is 0 Å². The number of pyridine rings is 1. The first kappa shape index (κ1) is 23.4. The average Bonchev–Trinajstić information content (AvgIpc) is 2.77. The van der Waals surface area contributed by atoms with E-state index in [0.717, 1.165) is 11.2 Å². The zero-order chi connectivity index (χ0) is 23.9. The highest BCUT2D eigenvalue weighted by atomic mass is 28.3. The number of benzene rings is 3. The molecule has 0 aliphatic heterocycles. The molecule has 170 valence electrons. The van der Waals surface area contributed by atoms with Crippen LogP contribution in [0.5, 0.6) is 0 Å². The van der Waals surface area contributed by atoms with Gasteiger partial charge in [-0.15, -0.1) is 0 Å². The molecule has 4 aromatic rings. The van der Waals surface area contributed by atoms with E-state index in [1.807, 2.05) is 0 Å². The van der Waals surface area contributed by atoms with Crippen LogP contribution in [0.4, 0.5) is 0 Å². The minimum absolute atomic E-state index is 0.421. The van der Waals surface area contributed by atoms with Crippen LogP contribution in [-0.2, 0) is 0 Å². The Labute approximate surface area is 200 Å². The molecule has 0 unspecified atom stereocenters. The first-order chi connectivity index (χ1) is 15.6. The maximum atomic E-state index is 4.91. The molecule has 0 atom stereocenters. The molecule has 0 saturated heterocycles. The highest BCUT2D eigenvalue weighted by Gasteiger charge is 2.22. The maximum Gasteiger partial charge on any atom is 0.0776 e. The molecule has 0 saturated carbocycles. The number of hydrogen-bond donors (Lipinski definition) is 0. The zero-order valence-electron chi connectivity index (χ0n) is 21.5. The van der Waals surface area contributed by atoms with Crippen LogP contribution < -0.4 is 5.19 Å². The van der Waals surface area contributed by atoms with E-state index in [1.54, 1.807) is 0 Å². The first-order valence-corrected chi connectivity index (χ1v) is 15.7. The quantitative estimate of drug-likeness (QED) is 0.277. The largest absolute Gasteiger partial charge is 0.253 e. The zero-order valence-corrected chi connectivity index (χ0v) is 22.5. The highest BCUT2D eigenvalue weighted by Crippen LogP contribution is 2.42. The van der Waals surface area contributed by atoms with E-state index in [-0.39, 0.29) is 0 Å². The number of aromatic nitrogens is 1. The minimum Gasteiger partial charge on any atom is -0.253 e. The first-order valence-electron chi connectivity index (χ1n) is 12.2. The van der Waals surface area contributed by atoms with Gasteiger partial charge in [0.25, 0.3) is 0 Å². The number of hydrogen-bond acceptors (Lipinski definition) is 1. The fraction of sp³-hybridized carbons (Fsp3) is 0.323. The Hall–Kier alpha value is -2.71. The van der Waals surface area contributed by atoms with Crippen molar-refractivity contribution in [3.05, 3.63) is 83.6 Å². The lowest BCUT2D eigenvalue weighted by Gasteiger charge is -2.24. The minimum atomic E-state index is -1.44. The summed E-state index contributed by atoms with van der Waals surface area (Å²) in [7, 11) is -1.44. The van der Waals surface area contributed by atoms with Gasteiger partial charge in [0.15, 0.2) is 0 Å². The monoisotopic (exact) mass is 451 g/mol. The molecule has 1 heterocycles. The molecule has 0 bridgehead atoms. The summed E-state index contributed by atoms with van der Waals surface area (Å²) in [5.74, 6) is 0.842. The lowest BCUT2D eigenvalue weighted by molar-refractivity contribution is 0.839. The van der Waals surface area contributed by atoms with Crippen molar-refractivity contribution in [2.24, 2.45) is 0 Å². The van der Waals surface area contributed by atoms with Crippen molar-refractivity contribution in [3.63, 3.8) is 0 Å². The molecule has 0 aliphatic rings. The van der Waals surface area contributed by atoms with Crippen molar-refractivity contribution < 1.29 is 0 Å². The second kappa shape index (κ2) is 8.91. The molecular weight excluding hydrogens is 414 g/mol. The van der Waals surface area contributed by atoms with Crippen molar-refractivity contribution in [1.29, 1.82) is 0 Å². The van der Waals surface area contributed by atoms with E-state index in [1.165, 1.54) is 44.0 Å². The Morgan fingerprint density at radius 3 is 1.85 bits per heavy atom. The van der Waals surface area contributed by atoms with Crippen LogP contribution in [0.15, 0.2) is 66.7 Å². The van der Waals surface area contributed by atoms with E-state index in [0.29, 0.717) is 11.8 Å². The van der Waals surface area contributed by atoms with Gasteiger partial charge in [0, 0.05) is 11.1 Å². The van der Waals surface area contributed by atoms with Crippen molar-refractivity contribution in [1.82, 2.24) is 4.98 Å². The SMILES string of the molecule is Cc1cc(-c2c(C(C)C)cc(-c3ccccc3)cc2C(C)C)c2cc([Si](C)(C)C)ccc2n1. The van der Waals surface area contributed by atoms with Crippen LogP contribution in [0.25, 0.3) is 33.2 Å². The summed E-state index contributed by atoms with van der Waals surface area (Å²) >= 11 is 0. The second-order valence-corrected chi connectivity index (χ2v) is 16.1. The Kier molecular flexibility index (Phi) is 6.33. The Morgan fingerprint density at radius 2 is 1.30 bits per heavy atom. The van der Waals surface area contributed by atoms with E-state index in [4.69, 9.17) is 4.98 Å². The third-order valence-electron chi connectivity index (χ3n) is 6.62. The molecule has 0 amide bonds. The molecule has 0 aliphatic carbocycles. The fourth-order valence-electron chi connectivity index (χ4n) is 4.74. The molecular formula is C31H37NSi. The Balaban J connectivity index is 2.10.